The monoisotopic (exact) mass is 424 g/mol. The van der Waals surface area contributed by atoms with Crippen molar-refractivity contribution >= 4 is 23.9 Å². The Bertz CT molecular complexity index is 1110. The van der Waals surface area contributed by atoms with Crippen LogP contribution in [0.25, 0.3) is 11.0 Å². The maximum Gasteiger partial charge on any atom is 0.496 e. The minimum Gasteiger partial charge on any atom is -0.399 e. The standard InChI is InChI=1S/C28H29BO3/c1-20(30)21-16-18-23(19-17-21)25(22-12-8-6-9-13-22)26(24-14-10-7-11-15-24)29-31-27(2,3)28(4,5)32-29/h6-19H,1-5H3/b26-25+. The highest BCUT2D eigenvalue weighted by atomic mass is 16.7. The molecule has 1 aliphatic heterocycles. The van der Waals surface area contributed by atoms with Gasteiger partial charge < -0.3 is 9.31 Å². The summed E-state index contributed by atoms with van der Waals surface area (Å²) in [6, 6.07) is 28.3. The molecule has 32 heavy (non-hydrogen) atoms. The Morgan fingerprint density at radius 2 is 1.03 bits per heavy atom. The van der Waals surface area contributed by atoms with E-state index in [4.69, 9.17) is 9.31 Å². The molecular formula is C28H29BO3. The van der Waals surface area contributed by atoms with E-state index in [1.54, 1.807) is 6.92 Å². The summed E-state index contributed by atoms with van der Waals surface area (Å²) in [6.07, 6.45) is 0. The Balaban J connectivity index is 1.99. The molecule has 0 atom stereocenters. The first-order valence-electron chi connectivity index (χ1n) is 11.0. The lowest BCUT2D eigenvalue weighted by Gasteiger charge is -2.32. The summed E-state index contributed by atoms with van der Waals surface area (Å²) in [6.45, 7) is 9.86. The van der Waals surface area contributed by atoms with Crippen molar-refractivity contribution in [1.29, 1.82) is 0 Å². The molecule has 0 saturated carbocycles. The van der Waals surface area contributed by atoms with E-state index in [1.165, 1.54) is 0 Å². The van der Waals surface area contributed by atoms with Crippen molar-refractivity contribution in [3.05, 3.63) is 107 Å². The predicted molar refractivity (Wildman–Crippen MR) is 131 cm³/mol. The van der Waals surface area contributed by atoms with Gasteiger partial charge in [0.25, 0.3) is 0 Å². The Morgan fingerprint density at radius 1 is 0.625 bits per heavy atom. The fourth-order valence-electron chi connectivity index (χ4n) is 3.93. The fourth-order valence-corrected chi connectivity index (χ4v) is 3.93. The van der Waals surface area contributed by atoms with Gasteiger partial charge in [-0.1, -0.05) is 84.9 Å². The third-order valence-electron chi connectivity index (χ3n) is 6.49. The van der Waals surface area contributed by atoms with Crippen molar-refractivity contribution in [3.8, 4) is 0 Å². The van der Waals surface area contributed by atoms with Gasteiger partial charge in [-0.25, -0.2) is 0 Å². The van der Waals surface area contributed by atoms with Gasteiger partial charge in [0.15, 0.2) is 5.78 Å². The van der Waals surface area contributed by atoms with E-state index >= 15 is 0 Å². The lowest BCUT2D eigenvalue weighted by Crippen LogP contribution is -2.41. The largest absolute Gasteiger partial charge is 0.496 e. The van der Waals surface area contributed by atoms with Crippen LogP contribution in [0.4, 0.5) is 0 Å². The molecule has 3 nitrogen and oxygen atoms in total. The number of benzene rings is 3. The topological polar surface area (TPSA) is 35.5 Å². The summed E-state index contributed by atoms with van der Waals surface area (Å²) >= 11 is 0. The predicted octanol–water partition coefficient (Wildman–Crippen LogP) is 6.48. The van der Waals surface area contributed by atoms with Gasteiger partial charge in [-0.05, 0) is 62.4 Å². The van der Waals surface area contributed by atoms with Crippen molar-refractivity contribution < 1.29 is 14.1 Å². The number of carbonyl (C=O) groups excluding carboxylic acids is 1. The lowest BCUT2D eigenvalue weighted by molar-refractivity contribution is 0.00578. The van der Waals surface area contributed by atoms with Gasteiger partial charge in [0, 0.05) is 5.56 Å². The second-order valence-electron chi connectivity index (χ2n) is 9.24. The fraction of sp³-hybridized carbons (Fsp3) is 0.250. The highest BCUT2D eigenvalue weighted by Gasteiger charge is 2.53. The lowest BCUT2D eigenvalue weighted by atomic mass is 9.68. The molecule has 0 aromatic heterocycles. The molecule has 0 aliphatic carbocycles. The molecule has 0 amide bonds. The minimum atomic E-state index is -0.537. The molecular weight excluding hydrogens is 395 g/mol. The molecule has 0 N–H and O–H groups in total. The summed E-state index contributed by atoms with van der Waals surface area (Å²) in [5, 5.41) is 0. The molecule has 1 aliphatic rings. The number of hydrogen-bond acceptors (Lipinski definition) is 3. The molecule has 3 aromatic carbocycles. The molecule has 162 valence electrons. The van der Waals surface area contributed by atoms with Crippen molar-refractivity contribution in [2.75, 3.05) is 0 Å². The smallest absolute Gasteiger partial charge is 0.399 e. The van der Waals surface area contributed by atoms with Crippen LogP contribution in [-0.2, 0) is 9.31 Å². The third-order valence-corrected chi connectivity index (χ3v) is 6.49. The zero-order valence-corrected chi connectivity index (χ0v) is 19.4. The first kappa shape index (κ1) is 22.3. The molecule has 1 heterocycles. The van der Waals surface area contributed by atoms with Crippen LogP contribution >= 0.6 is 0 Å². The number of carbonyl (C=O) groups is 1. The molecule has 1 fully saturated rings. The van der Waals surface area contributed by atoms with Gasteiger partial charge in [-0.15, -0.1) is 0 Å². The van der Waals surface area contributed by atoms with Crippen LogP contribution in [0.3, 0.4) is 0 Å². The summed E-state index contributed by atoms with van der Waals surface area (Å²) in [4.78, 5) is 11.9. The maximum absolute atomic E-state index is 11.9. The van der Waals surface area contributed by atoms with Crippen molar-refractivity contribution in [2.24, 2.45) is 0 Å². The molecule has 3 aromatic rings. The van der Waals surface area contributed by atoms with E-state index in [2.05, 4.69) is 52.0 Å². The summed E-state index contributed by atoms with van der Waals surface area (Å²) in [5.41, 5.74) is 4.90. The second kappa shape index (κ2) is 8.53. The summed E-state index contributed by atoms with van der Waals surface area (Å²) in [5.74, 6) is 0.0519. The Hall–Kier alpha value is -2.95. The molecule has 0 unspecified atom stereocenters. The second-order valence-corrected chi connectivity index (χ2v) is 9.24. The van der Waals surface area contributed by atoms with Gasteiger partial charge in [0.2, 0.25) is 0 Å². The van der Waals surface area contributed by atoms with E-state index in [-0.39, 0.29) is 5.78 Å². The molecule has 0 radical (unpaired) electrons. The van der Waals surface area contributed by atoms with E-state index in [0.29, 0.717) is 5.56 Å². The first-order chi connectivity index (χ1) is 15.2. The van der Waals surface area contributed by atoms with E-state index < -0.39 is 18.3 Å². The minimum absolute atomic E-state index is 0.0519. The van der Waals surface area contributed by atoms with Crippen LogP contribution in [0.2, 0.25) is 0 Å². The van der Waals surface area contributed by atoms with Gasteiger partial charge in [-0.3, -0.25) is 4.79 Å². The van der Waals surface area contributed by atoms with Gasteiger partial charge >= 0.3 is 7.12 Å². The molecule has 4 rings (SSSR count). The van der Waals surface area contributed by atoms with E-state index in [0.717, 1.165) is 27.7 Å². The van der Waals surface area contributed by atoms with Crippen LogP contribution < -0.4 is 0 Å². The van der Waals surface area contributed by atoms with E-state index in [1.807, 2.05) is 60.7 Å². The molecule has 4 heteroatoms. The quantitative estimate of drug-likeness (QED) is 0.267. The zero-order chi connectivity index (χ0) is 22.9. The van der Waals surface area contributed by atoms with Gasteiger partial charge in [0.1, 0.15) is 0 Å². The van der Waals surface area contributed by atoms with E-state index in [9.17, 15) is 4.79 Å². The number of ketones is 1. The Morgan fingerprint density at radius 3 is 1.50 bits per heavy atom. The van der Waals surface area contributed by atoms with Gasteiger partial charge in [0.05, 0.1) is 11.2 Å². The van der Waals surface area contributed by atoms with Crippen LogP contribution in [0.1, 0.15) is 61.7 Å². The number of hydrogen-bond donors (Lipinski definition) is 0. The van der Waals surface area contributed by atoms with Crippen LogP contribution in [0.15, 0.2) is 84.9 Å². The van der Waals surface area contributed by atoms with Crippen molar-refractivity contribution in [2.45, 2.75) is 45.8 Å². The average Bonchev–Trinajstić information content (AvgIpc) is 2.99. The van der Waals surface area contributed by atoms with Crippen molar-refractivity contribution in [3.63, 3.8) is 0 Å². The SMILES string of the molecule is CC(=O)c1ccc(/C(=C(/B2OC(C)(C)C(C)(C)O2)c2ccccc2)c2ccccc2)cc1. The van der Waals surface area contributed by atoms with Crippen molar-refractivity contribution in [1.82, 2.24) is 0 Å². The van der Waals surface area contributed by atoms with Crippen LogP contribution in [0, 0.1) is 0 Å². The third kappa shape index (κ3) is 4.21. The van der Waals surface area contributed by atoms with Gasteiger partial charge in [-0.2, -0.15) is 0 Å². The maximum atomic E-state index is 11.9. The molecule has 0 bridgehead atoms. The normalized spacial score (nSPS) is 17.7. The highest BCUT2D eigenvalue weighted by Crippen LogP contribution is 2.44. The molecule has 0 spiro atoms. The van der Waals surface area contributed by atoms with Crippen LogP contribution in [-0.4, -0.2) is 24.1 Å². The number of rotatable bonds is 5. The Kier molecular flexibility index (Phi) is 5.94. The summed E-state index contributed by atoms with van der Waals surface area (Å²) < 4.78 is 13.1. The molecule has 1 saturated heterocycles. The Labute approximate surface area is 191 Å². The first-order valence-corrected chi connectivity index (χ1v) is 11.0. The highest BCUT2D eigenvalue weighted by molar-refractivity contribution is 6.71. The summed E-state index contributed by atoms with van der Waals surface area (Å²) in [7, 11) is -0.537. The number of Topliss-reactive ketones (excluding diaryl/α,β-unsaturated/α-hetero) is 1. The zero-order valence-electron chi connectivity index (χ0n) is 19.4. The van der Waals surface area contributed by atoms with Crippen LogP contribution in [0.5, 0.6) is 0 Å². The average molecular weight is 424 g/mol.